The lowest BCUT2D eigenvalue weighted by Gasteiger charge is -2.10. The van der Waals surface area contributed by atoms with Crippen molar-refractivity contribution in [3.63, 3.8) is 0 Å². The van der Waals surface area contributed by atoms with Crippen LogP contribution >= 0.6 is 12.2 Å². The van der Waals surface area contributed by atoms with Crippen LogP contribution in [0.2, 0.25) is 0 Å². The third kappa shape index (κ3) is 2.38. The summed E-state index contributed by atoms with van der Waals surface area (Å²) in [5.74, 6) is 1.39. The monoisotopic (exact) mass is 261 g/mol. The number of nitrogens with zero attached hydrogens (tertiary/aromatic N) is 4. The van der Waals surface area contributed by atoms with Crippen molar-refractivity contribution in [1.82, 2.24) is 19.5 Å². The fourth-order valence-electron chi connectivity index (χ4n) is 1.63. The van der Waals surface area contributed by atoms with Crippen LogP contribution in [0, 0.1) is 6.92 Å². The van der Waals surface area contributed by atoms with E-state index >= 15 is 0 Å². The number of aromatic nitrogens is 4. The first-order valence-electron chi connectivity index (χ1n) is 5.68. The summed E-state index contributed by atoms with van der Waals surface area (Å²) in [6, 6.07) is 1.98. The van der Waals surface area contributed by atoms with Gasteiger partial charge in [0.15, 0.2) is 5.82 Å². The third-order valence-electron chi connectivity index (χ3n) is 2.53. The number of imidazole rings is 1. The predicted octanol–water partition coefficient (Wildman–Crippen LogP) is 1.73. The zero-order valence-electron chi connectivity index (χ0n) is 10.6. The SMILES string of the molecule is Cc1cc(C(C)C)nc(-n2ccnc2C(N)=S)n1. The first-order valence-corrected chi connectivity index (χ1v) is 6.09. The molecule has 0 bridgehead atoms. The summed E-state index contributed by atoms with van der Waals surface area (Å²) in [6.07, 6.45) is 3.39. The van der Waals surface area contributed by atoms with Crippen LogP contribution in [0.3, 0.4) is 0 Å². The number of rotatable bonds is 3. The van der Waals surface area contributed by atoms with Gasteiger partial charge in [-0.05, 0) is 18.9 Å². The van der Waals surface area contributed by atoms with Crippen LogP contribution in [0.5, 0.6) is 0 Å². The molecule has 18 heavy (non-hydrogen) atoms. The minimum atomic E-state index is 0.233. The second-order valence-electron chi connectivity index (χ2n) is 4.37. The molecule has 2 heterocycles. The molecule has 0 aromatic carbocycles. The summed E-state index contributed by atoms with van der Waals surface area (Å²) in [4.78, 5) is 13.3. The van der Waals surface area contributed by atoms with Crippen LogP contribution in [-0.4, -0.2) is 24.5 Å². The lowest BCUT2D eigenvalue weighted by molar-refractivity contribution is 0.783. The van der Waals surface area contributed by atoms with Crippen LogP contribution in [0.1, 0.15) is 37.0 Å². The van der Waals surface area contributed by atoms with Crippen LogP contribution in [-0.2, 0) is 0 Å². The molecule has 5 nitrogen and oxygen atoms in total. The van der Waals surface area contributed by atoms with Gasteiger partial charge in [0, 0.05) is 23.8 Å². The Morgan fingerprint density at radius 1 is 1.39 bits per heavy atom. The van der Waals surface area contributed by atoms with Crippen LogP contribution in [0.15, 0.2) is 18.5 Å². The molecule has 0 fully saturated rings. The zero-order valence-corrected chi connectivity index (χ0v) is 11.4. The number of nitrogens with two attached hydrogens (primary N) is 1. The molecule has 0 atom stereocenters. The molecule has 0 aliphatic rings. The summed E-state index contributed by atoms with van der Waals surface area (Å²) < 4.78 is 1.71. The van der Waals surface area contributed by atoms with E-state index in [0.717, 1.165) is 11.4 Å². The van der Waals surface area contributed by atoms with Gasteiger partial charge in [0.25, 0.3) is 0 Å². The second kappa shape index (κ2) is 4.81. The first kappa shape index (κ1) is 12.6. The smallest absolute Gasteiger partial charge is 0.235 e. The topological polar surface area (TPSA) is 69.6 Å². The summed E-state index contributed by atoms with van der Waals surface area (Å²) in [7, 11) is 0. The average Bonchev–Trinajstić information content (AvgIpc) is 2.76. The van der Waals surface area contributed by atoms with E-state index in [1.807, 2.05) is 13.0 Å². The molecular formula is C12H15N5S. The van der Waals surface area contributed by atoms with E-state index < -0.39 is 0 Å². The highest BCUT2D eigenvalue weighted by molar-refractivity contribution is 7.80. The van der Waals surface area contributed by atoms with Crippen molar-refractivity contribution in [1.29, 1.82) is 0 Å². The van der Waals surface area contributed by atoms with E-state index in [0.29, 0.717) is 17.7 Å². The highest BCUT2D eigenvalue weighted by Gasteiger charge is 2.12. The minimum absolute atomic E-state index is 0.233. The predicted molar refractivity (Wildman–Crippen MR) is 73.9 cm³/mol. The molecule has 0 radical (unpaired) electrons. The van der Waals surface area contributed by atoms with Crippen molar-refractivity contribution in [2.75, 3.05) is 0 Å². The average molecular weight is 261 g/mol. The van der Waals surface area contributed by atoms with Crippen molar-refractivity contribution in [2.24, 2.45) is 5.73 Å². The number of hydrogen-bond acceptors (Lipinski definition) is 4. The molecule has 0 aliphatic heterocycles. The van der Waals surface area contributed by atoms with E-state index in [-0.39, 0.29) is 4.99 Å². The molecule has 0 unspecified atom stereocenters. The summed E-state index contributed by atoms with van der Waals surface area (Å²) in [6.45, 7) is 6.12. The van der Waals surface area contributed by atoms with Gasteiger partial charge in [-0.15, -0.1) is 0 Å². The fraction of sp³-hybridized carbons (Fsp3) is 0.333. The van der Waals surface area contributed by atoms with Crippen molar-refractivity contribution < 1.29 is 0 Å². The highest BCUT2D eigenvalue weighted by Crippen LogP contribution is 2.15. The van der Waals surface area contributed by atoms with Gasteiger partial charge in [0.1, 0.15) is 4.99 Å². The van der Waals surface area contributed by atoms with Gasteiger partial charge >= 0.3 is 0 Å². The highest BCUT2D eigenvalue weighted by atomic mass is 32.1. The fourth-order valence-corrected chi connectivity index (χ4v) is 1.78. The molecule has 0 amide bonds. The van der Waals surface area contributed by atoms with Gasteiger partial charge in [-0.2, -0.15) is 0 Å². The number of aryl methyl sites for hydroxylation is 1. The molecule has 2 rings (SSSR count). The third-order valence-corrected chi connectivity index (χ3v) is 2.71. The van der Waals surface area contributed by atoms with Crippen molar-refractivity contribution >= 4 is 17.2 Å². The maximum atomic E-state index is 5.62. The largest absolute Gasteiger partial charge is 0.387 e. The Hall–Kier alpha value is -1.82. The van der Waals surface area contributed by atoms with Gasteiger partial charge in [-0.25, -0.2) is 15.0 Å². The van der Waals surface area contributed by atoms with E-state index in [2.05, 4.69) is 28.8 Å². The van der Waals surface area contributed by atoms with Crippen LogP contribution in [0.25, 0.3) is 5.95 Å². The molecule has 2 N–H and O–H groups in total. The first-order chi connectivity index (χ1) is 8.49. The molecule has 6 heteroatoms. The lowest BCUT2D eigenvalue weighted by Crippen LogP contribution is -2.18. The number of thiocarbonyl (C=S) groups is 1. The van der Waals surface area contributed by atoms with Crippen molar-refractivity contribution in [2.45, 2.75) is 26.7 Å². The Morgan fingerprint density at radius 2 is 2.11 bits per heavy atom. The molecule has 0 saturated carbocycles. The zero-order chi connectivity index (χ0) is 13.3. The summed E-state index contributed by atoms with van der Waals surface area (Å²) in [5.41, 5.74) is 7.52. The molecule has 0 spiro atoms. The van der Waals surface area contributed by atoms with Crippen molar-refractivity contribution in [3.8, 4) is 5.95 Å². The van der Waals surface area contributed by atoms with Gasteiger partial charge in [0.05, 0.1) is 0 Å². The van der Waals surface area contributed by atoms with Crippen LogP contribution < -0.4 is 5.73 Å². The molecule has 2 aromatic rings. The van der Waals surface area contributed by atoms with E-state index in [1.165, 1.54) is 0 Å². The molecule has 94 valence electrons. The van der Waals surface area contributed by atoms with Gasteiger partial charge in [-0.3, -0.25) is 4.57 Å². The summed E-state index contributed by atoms with van der Waals surface area (Å²) >= 11 is 4.96. The number of hydrogen-bond donors (Lipinski definition) is 1. The normalized spacial score (nSPS) is 10.9. The van der Waals surface area contributed by atoms with Crippen molar-refractivity contribution in [3.05, 3.63) is 35.7 Å². The van der Waals surface area contributed by atoms with Crippen LogP contribution in [0.4, 0.5) is 0 Å². The van der Waals surface area contributed by atoms with E-state index in [4.69, 9.17) is 18.0 Å². The van der Waals surface area contributed by atoms with E-state index in [1.54, 1.807) is 17.0 Å². The van der Waals surface area contributed by atoms with Gasteiger partial charge in [0.2, 0.25) is 5.95 Å². The Labute approximate surface area is 111 Å². The Bertz CT molecular complexity index is 588. The Balaban J connectivity index is 2.57. The molecular weight excluding hydrogens is 246 g/mol. The lowest BCUT2D eigenvalue weighted by atomic mass is 10.1. The Morgan fingerprint density at radius 3 is 2.72 bits per heavy atom. The van der Waals surface area contributed by atoms with Gasteiger partial charge < -0.3 is 5.73 Å². The van der Waals surface area contributed by atoms with Gasteiger partial charge in [-0.1, -0.05) is 26.1 Å². The minimum Gasteiger partial charge on any atom is -0.387 e. The standard InChI is InChI=1S/C12H15N5S/c1-7(2)9-6-8(3)15-12(16-9)17-5-4-14-11(17)10(13)18/h4-7H,1-3H3,(H2,13,18). The molecule has 0 saturated heterocycles. The Kier molecular flexibility index (Phi) is 3.38. The maximum absolute atomic E-state index is 5.62. The second-order valence-corrected chi connectivity index (χ2v) is 4.81. The maximum Gasteiger partial charge on any atom is 0.235 e. The van der Waals surface area contributed by atoms with E-state index in [9.17, 15) is 0 Å². The summed E-state index contributed by atoms with van der Waals surface area (Å²) in [5, 5.41) is 0. The quantitative estimate of drug-likeness (QED) is 0.852. The molecule has 2 aromatic heterocycles. The molecule has 0 aliphatic carbocycles.